The highest BCUT2D eigenvalue weighted by Crippen LogP contribution is 2.32. The highest BCUT2D eigenvalue weighted by Gasteiger charge is 2.42. The predicted molar refractivity (Wildman–Crippen MR) is 93.3 cm³/mol. The maximum absolute atomic E-state index is 12.5. The van der Waals surface area contributed by atoms with Crippen molar-refractivity contribution in [3.8, 4) is 0 Å². The summed E-state index contributed by atoms with van der Waals surface area (Å²) in [6.45, 7) is 12.1. The van der Waals surface area contributed by atoms with Crippen LogP contribution in [0.25, 0.3) is 0 Å². The number of nitrogens with zero attached hydrogens (tertiary/aromatic N) is 2. The van der Waals surface area contributed by atoms with E-state index in [9.17, 15) is 14.7 Å². The van der Waals surface area contributed by atoms with Crippen molar-refractivity contribution in [1.82, 2.24) is 9.80 Å². The van der Waals surface area contributed by atoms with Gasteiger partial charge in [-0.3, -0.25) is 4.90 Å². The van der Waals surface area contributed by atoms with Gasteiger partial charge in [0.1, 0.15) is 11.2 Å². The van der Waals surface area contributed by atoms with Gasteiger partial charge >= 0.3 is 12.2 Å². The molecule has 1 atom stereocenters. The number of likely N-dealkylation sites (tertiary alicyclic amines) is 1. The summed E-state index contributed by atoms with van der Waals surface area (Å²) < 4.78 is 10.9. The van der Waals surface area contributed by atoms with Crippen LogP contribution in [-0.2, 0) is 9.47 Å². The Morgan fingerprint density at radius 2 is 1.64 bits per heavy atom. The first-order chi connectivity index (χ1) is 11.4. The fraction of sp³-hybridized carbons (Fsp3) is 0.778. The van der Waals surface area contributed by atoms with Crippen molar-refractivity contribution >= 4 is 12.2 Å². The van der Waals surface area contributed by atoms with Gasteiger partial charge in [-0.25, -0.2) is 9.59 Å². The lowest BCUT2D eigenvalue weighted by atomic mass is 9.96. The lowest BCUT2D eigenvalue weighted by Crippen LogP contribution is -2.48. The summed E-state index contributed by atoms with van der Waals surface area (Å²) >= 11 is 0. The molecule has 0 spiro atoms. The molecule has 7 nitrogen and oxygen atoms in total. The van der Waals surface area contributed by atoms with Crippen LogP contribution in [0, 0.1) is 0 Å². The van der Waals surface area contributed by atoms with E-state index in [2.05, 4.69) is 0 Å². The number of hydrogen-bond acceptors (Lipinski definition) is 5. The van der Waals surface area contributed by atoms with Crippen LogP contribution >= 0.6 is 0 Å². The standard InChI is InChI=1S/C18H30N2O5/c1-17(2,3)24-15(22)19-9-13-12(11-21)7-8-20(14(13)10-19)16(23)25-18(4,5)6/h14,21H,7-11H2,1-6H3. The monoisotopic (exact) mass is 354 g/mol. The molecule has 0 aromatic heterocycles. The van der Waals surface area contributed by atoms with Crippen LogP contribution in [0.5, 0.6) is 0 Å². The highest BCUT2D eigenvalue weighted by atomic mass is 16.6. The van der Waals surface area contributed by atoms with E-state index < -0.39 is 23.4 Å². The van der Waals surface area contributed by atoms with Crippen LogP contribution in [0.1, 0.15) is 48.0 Å². The second-order valence-corrected chi connectivity index (χ2v) is 8.59. The van der Waals surface area contributed by atoms with E-state index in [1.54, 1.807) is 9.80 Å². The molecule has 1 N–H and O–H groups in total. The molecule has 0 aromatic carbocycles. The molecule has 142 valence electrons. The van der Waals surface area contributed by atoms with Crippen molar-refractivity contribution in [2.24, 2.45) is 0 Å². The molecule has 2 heterocycles. The molecule has 0 aliphatic carbocycles. The Labute approximate surface area is 149 Å². The van der Waals surface area contributed by atoms with Gasteiger partial charge in [0.05, 0.1) is 12.6 Å². The minimum atomic E-state index is -0.582. The summed E-state index contributed by atoms with van der Waals surface area (Å²) in [5, 5.41) is 9.63. The van der Waals surface area contributed by atoms with E-state index in [1.165, 1.54) is 0 Å². The predicted octanol–water partition coefficient (Wildman–Crippen LogP) is 2.54. The Kier molecular flexibility index (Phi) is 5.37. The maximum Gasteiger partial charge on any atom is 0.410 e. The number of rotatable bonds is 1. The first kappa shape index (κ1) is 19.6. The van der Waals surface area contributed by atoms with E-state index in [-0.39, 0.29) is 12.6 Å². The third-order valence-electron chi connectivity index (χ3n) is 4.11. The second-order valence-electron chi connectivity index (χ2n) is 8.59. The Morgan fingerprint density at radius 1 is 1.08 bits per heavy atom. The Bertz CT molecular complexity index is 571. The zero-order chi connectivity index (χ0) is 19.0. The average molecular weight is 354 g/mol. The van der Waals surface area contributed by atoms with Gasteiger partial charge in [-0.2, -0.15) is 0 Å². The molecule has 0 saturated carbocycles. The molecule has 0 aromatic rings. The molecular weight excluding hydrogens is 324 g/mol. The van der Waals surface area contributed by atoms with Gasteiger partial charge in [0.15, 0.2) is 0 Å². The largest absolute Gasteiger partial charge is 0.444 e. The lowest BCUT2D eigenvalue weighted by molar-refractivity contribution is 0.0136. The number of aliphatic hydroxyl groups is 1. The van der Waals surface area contributed by atoms with Crippen LogP contribution in [0.4, 0.5) is 9.59 Å². The van der Waals surface area contributed by atoms with Gasteiger partial charge in [0.2, 0.25) is 0 Å². The number of carbonyl (C=O) groups is 2. The molecule has 0 radical (unpaired) electrons. The fourth-order valence-electron chi connectivity index (χ4n) is 3.09. The van der Waals surface area contributed by atoms with Crippen molar-refractivity contribution in [3.05, 3.63) is 11.1 Å². The molecule has 2 rings (SSSR count). The molecule has 1 saturated heterocycles. The SMILES string of the molecule is CC(C)(C)OC(=O)N1CC2=C(CO)CCN(C(=O)OC(C)(C)C)C2C1. The first-order valence-electron chi connectivity index (χ1n) is 8.70. The summed E-state index contributed by atoms with van der Waals surface area (Å²) in [5.74, 6) is 0. The Morgan fingerprint density at radius 3 is 2.16 bits per heavy atom. The fourth-order valence-corrected chi connectivity index (χ4v) is 3.09. The highest BCUT2D eigenvalue weighted by molar-refractivity contribution is 5.73. The first-order valence-corrected chi connectivity index (χ1v) is 8.70. The van der Waals surface area contributed by atoms with Crippen LogP contribution in [-0.4, -0.2) is 70.6 Å². The number of hydrogen-bond donors (Lipinski definition) is 1. The zero-order valence-corrected chi connectivity index (χ0v) is 16.1. The van der Waals surface area contributed by atoms with E-state index >= 15 is 0 Å². The van der Waals surface area contributed by atoms with Crippen molar-refractivity contribution in [2.45, 2.75) is 65.2 Å². The van der Waals surface area contributed by atoms with E-state index in [0.29, 0.717) is 26.1 Å². The number of fused-ring (bicyclic) bond motifs is 1. The van der Waals surface area contributed by atoms with Gasteiger partial charge in [0.25, 0.3) is 0 Å². The summed E-state index contributed by atoms with van der Waals surface area (Å²) in [6.07, 6.45) is -0.210. The molecule has 1 unspecified atom stereocenters. The topological polar surface area (TPSA) is 79.3 Å². The molecule has 2 amide bonds. The number of carbonyl (C=O) groups excluding carboxylic acids is 2. The summed E-state index contributed by atoms with van der Waals surface area (Å²) in [7, 11) is 0. The smallest absolute Gasteiger partial charge is 0.410 e. The van der Waals surface area contributed by atoms with Crippen LogP contribution in [0.15, 0.2) is 11.1 Å². The summed E-state index contributed by atoms with van der Waals surface area (Å²) in [6, 6.07) is -0.265. The van der Waals surface area contributed by atoms with Crippen LogP contribution < -0.4 is 0 Å². The lowest BCUT2D eigenvalue weighted by Gasteiger charge is -2.35. The third-order valence-corrected chi connectivity index (χ3v) is 4.11. The Hall–Kier alpha value is -1.76. The van der Waals surface area contributed by atoms with Gasteiger partial charge in [0, 0.05) is 19.6 Å². The van der Waals surface area contributed by atoms with Gasteiger partial charge in [-0.05, 0) is 59.1 Å². The minimum Gasteiger partial charge on any atom is -0.444 e. The molecule has 2 aliphatic heterocycles. The van der Waals surface area contributed by atoms with E-state index in [0.717, 1.165) is 11.1 Å². The minimum absolute atomic E-state index is 0.0594. The molecule has 2 aliphatic rings. The maximum atomic E-state index is 12.5. The van der Waals surface area contributed by atoms with E-state index in [1.807, 2.05) is 41.5 Å². The van der Waals surface area contributed by atoms with Crippen LogP contribution in [0.3, 0.4) is 0 Å². The number of aliphatic hydroxyl groups excluding tert-OH is 1. The molecule has 0 bridgehead atoms. The number of ether oxygens (including phenoxy) is 2. The van der Waals surface area contributed by atoms with Gasteiger partial charge in [-0.15, -0.1) is 0 Å². The van der Waals surface area contributed by atoms with E-state index in [4.69, 9.17) is 9.47 Å². The second kappa shape index (κ2) is 6.86. The van der Waals surface area contributed by atoms with Gasteiger partial charge in [-0.1, -0.05) is 0 Å². The quantitative estimate of drug-likeness (QED) is 0.732. The van der Waals surface area contributed by atoms with Crippen LogP contribution in [0.2, 0.25) is 0 Å². The number of amides is 2. The average Bonchev–Trinajstić information content (AvgIpc) is 2.87. The molecule has 7 heteroatoms. The van der Waals surface area contributed by atoms with Crippen molar-refractivity contribution in [2.75, 3.05) is 26.2 Å². The van der Waals surface area contributed by atoms with Crippen molar-refractivity contribution < 1.29 is 24.2 Å². The van der Waals surface area contributed by atoms with Gasteiger partial charge < -0.3 is 19.5 Å². The molecule has 25 heavy (non-hydrogen) atoms. The third kappa shape index (κ3) is 4.87. The Balaban J connectivity index is 2.19. The van der Waals surface area contributed by atoms with Crippen molar-refractivity contribution in [1.29, 1.82) is 0 Å². The normalized spacial score (nSPS) is 21.3. The summed E-state index contributed by atoms with van der Waals surface area (Å²) in [5.41, 5.74) is 0.660. The summed E-state index contributed by atoms with van der Waals surface area (Å²) in [4.78, 5) is 28.2. The van der Waals surface area contributed by atoms with Crippen molar-refractivity contribution in [3.63, 3.8) is 0 Å². The molecular formula is C18H30N2O5. The molecule has 1 fully saturated rings. The zero-order valence-electron chi connectivity index (χ0n) is 16.1.